The van der Waals surface area contributed by atoms with E-state index >= 15 is 0 Å². The van der Waals surface area contributed by atoms with Crippen molar-refractivity contribution in [2.75, 3.05) is 0 Å². The van der Waals surface area contributed by atoms with Crippen molar-refractivity contribution >= 4 is 5.97 Å². The summed E-state index contributed by atoms with van der Waals surface area (Å²) in [6.07, 6.45) is 0. The molecule has 1 heterocycles. The van der Waals surface area contributed by atoms with Gasteiger partial charge in [0.05, 0.1) is 0 Å². The summed E-state index contributed by atoms with van der Waals surface area (Å²) in [4.78, 5) is 12.9. The van der Waals surface area contributed by atoms with Crippen LogP contribution in [0, 0.1) is 13.8 Å². The zero-order chi connectivity index (χ0) is 19.4. The van der Waals surface area contributed by atoms with Crippen molar-refractivity contribution in [2.24, 2.45) is 0 Å². The molecule has 2 nitrogen and oxygen atoms in total. The average molecular weight is 351 g/mol. The standard InChI is InChI=1S/C24H30O2/c1-14-10-9-11-17(15(14)2)20-18-12-16(23(3,4)5)13-19(24(6,7)8)21(18)26-22(20)25/h9-13,20H,1-8H3. The first-order chi connectivity index (χ1) is 11.9. The SMILES string of the molecule is Cc1cccc(C2C(=O)Oc3c2cc(C(C)(C)C)cc3C(C)(C)C)c1C. The lowest BCUT2D eigenvalue weighted by molar-refractivity contribution is -0.133. The van der Waals surface area contributed by atoms with Crippen LogP contribution in [0.15, 0.2) is 30.3 Å². The number of aryl methyl sites for hydroxylation is 1. The Labute approximate surface area is 157 Å². The van der Waals surface area contributed by atoms with E-state index in [4.69, 9.17) is 4.74 Å². The number of fused-ring (bicyclic) bond motifs is 1. The minimum absolute atomic E-state index is 0.00681. The molecular formula is C24H30O2. The van der Waals surface area contributed by atoms with Gasteiger partial charge in [-0.3, -0.25) is 4.79 Å². The minimum atomic E-state index is -0.340. The number of hydrogen-bond donors (Lipinski definition) is 0. The monoisotopic (exact) mass is 350 g/mol. The van der Waals surface area contributed by atoms with Crippen molar-refractivity contribution in [3.8, 4) is 5.75 Å². The largest absolute Gasteiger partial charge is 0.425 e. The lowest BCUT2D eigenvalue weighted by Crippen LogP contribution is -2.17. The third-order valence-corrected chi connectivity index (χ3v) is 5.50. The van der Waals surface area contributed by atoms with Crippen molar-refractivity contribution < 1.29 is 9.53 Å². The first-order valence-corrected chi connectivity index (χ1v) is 9.38. The molecular weight excluding hydrogens is 320 g/mol. The summed E-state index contributed by atoms with van der Waals surface area (Å²) in [6.45, 7) is 17.3. The van der Waals surface area contributed by atoms with Gasteiger partial charge in [0.15, 0.2) is 0 Å². The van der Waals surface area contributed by atoms with Crippen LogP contribution in [0.25, 0.3) is 0 Å². The van der Waals surface area contributed by atoms with Gasteiger partial charge in [-0.15, -0.1) is 0 Å². The van der Waals surface area contributed by atoms with Crippen molar-refractivity contribution in [1.82, 2.24) is 0 Å². The van der Waals surface area contributed by atoms with E-state index in [0.717, 1.165) is 22.4 Å². The van der Waals surface area contributed by atoms with Gasteiger partial charge in [0.1, 0.15) is 11.7 Å². The van der Waals surface area contributed by atoms with Gasteiger partial charge in [-0.25, -0.2) is 0 Å². The molecule has 0 aromatic heterocycles. The third kappa shape index (κ3) is 3.06. The molecule has 2 aromatic carbocycles. The zero-order valence-corrected chi connectivity index (χ0v) is 17.3. The number of benzene rings is 2. The van der Waals surface area contributed by atoms with Crippen molar-refractivity contribution in [3.63, 3.8) is 0 Å². The fraction of sp³-hybridized carbons (Fsp3) is 0.458. The molecule has 0 radical (unpaired) electrons. The molecule has 1 aliphatic rings. The molecule has 3 rings (SSSR count). The number of carbonyl (C=O) groups excluding carboxylic acids is 1. The van der Waals surface area contributed by atoms with E-state index in [1.807, 2.05) is 6.07 Å². The van der Waals surface area contributed by atoms with Crippen LogP contribution < -0.4 is 4.74 Å². The Morgan fingerprint density at radius 3 is 2.12 bits per heavy atom. The maximum Gasteiger partial charge on any atom is 0.323 e. The lowest BCUT2D eigenvalue weighted by atomic mass is 9.77. The highest BCUT2D eigenvalue weighted by Crippen LogP contribution is 2.47. The average Bonchev–Trinajstić information content (AvgIpc) is 2.83. The van der Waals surface area contributed by atoms with Gasteiger partial charge in [-0.1, -0.05) is 71.9 Å². The van der Waals surface area contributed by atoms with E-state index in [9.17, 15) is 4.79 Å². The van der Waals surface area contributed by atoms with Crippen LogP contribution in [0.3, 0.4) is 0 Å². The van der Waals surface area contributed by atoms with E-state index in [2.05, 4.69) is 79.7 Å². The Morgan fingerprint density at radius 1 is 0.885 bits per heavy atom. The van der Waals surface area contributed by atoms with Crippen molar-refractivity contribution in [1.29, 1.82) is 0 Å². The summed E-state index contributed by atoms with van der Waals surface area (Å²) in [6, 6.07) is 10.6. The topological polar surface area (TPSA) is 26.3 Å². The molecule has 1 unspecified atom stereocenters. The van der Waals surface area contributed by atoms with Crippen LogP contribution in [-0.2, 0) is 15.6 Å². The molecule has 0 amide bonds. The molecule has 0 spiro atoms. The van der Waals surface area contributed by atoms with Gasteiger partial charge in [0, 0.05) is 11.1 Å². The molecule has 0 N–H and O–H groups in total. The Balaban J connectivity index is 2.30. The summed E-state index contributed by atoms with van der Waals surface area (Å²) < 4.78 is 5.86. The molecule has 2 aromatic rings. The highest BCUT2D eigenvalue weighted by atomic mass is 16.5. The lowest BCUT2D eigenvalue weighted by Gasteiger charge is -2.27. The van der Waals surface area contributed by atoms with Gasteiger partial charge in [0.25, 0.3) is 0 Å². The van der Waals surface area contributed by atoms with Crippen LogP contribution in [-0.4, -0.2) is 5.97 Å². The fourth-order valence-electron chi connectivity index (χ4n) is 3.64. The normalized spacial score (nSPS) is 17.2. The van der Waals surface area contributed by atoms with Gasteiger partial charge in [-0.2, -0.15) is 0 Å². The summed E-state index contributed by atoms with van der Waals surface area (Å²) in [5, 5.41) is 0. The maximum absolute atomic E-state index is 12.9. The molecule has 1 aliphatic heterocycles. The predicted octanol–water partition coefficient (Wildman–Crippen LogP) is 5.95. The van der Waals surface area contributed by atoms with Crippen LogP contribution in [0.2, 0.25) is 0 Å². The van der Waals surface area contributed by atoms with E-state index in [1.54, 1.807) is 0 Å². The molecule has 26 heavy (non-hydrogen) atoms. The van der Waals surface area contributed by atoms with Gasteiger partial charge >= 0.3 is 5.97 Å². The Hall–Kier alpha value is -2.09. The molecule has 0 bridgehead atoms. The van der Waals surface area contributed by atoms with Crippen LogP contribution in [0.4, 0.5) is 0 Å². The van der Waals surface area contributed by atoms with Crippen molar-refractivity contribution in [3.05, 3.63) is 63.7 Å². The smallest absolute Gasteiger partial charge is 0.323 e. The predicted molar refractivity (Wildman–Crippen MR) is 107 cm³/mol. The van der Waals surface area contributed by atoms with Gasteiger partial charge in [-0.05, 0) is 46.9 Å². The summed E-state index contributed by atoms with van der Waals surface area (Å²) in [5.74, 6) is 0.264. The highest BCUT2D eigenvalue weighted by molar-refractivity contribution is 5.91. The molecule has 0 saturated carbocycles. The number of ether oxygens (including phenoxy) is 1. The Kier molecular flexibility index (Phi) is 4.29. The van der Waals surface area contributed by atoms with Crippen LogP contribution in [0.1, 0.15) is 80.8 Å². The first-order valence-electron chi connectivity index (χ1n) is 9.38. The second-order valence-corrected chi connectivity index (χ2v) is 9.59. The number of rotatable bonds is 1. The minimum Gasteiger partial charge on any atom is -0.425 e. The van der Waals surface area contributed by atoms with E-state index in [0.29, 0.717) is 0 Å². The van der Waals surface area contributed by atoms with Crippen LogP contribution in [0.5, 0.6) is 5.75 Å². The summed E-state index contributed by atoms with van der Waals surface area (Å²) in [7, 11) is 0. The molecule has 0 fully saturated rings. The molecule has 1 atom stereocenters. The number of carbonyl (C=O) groups is 1. The number of hydrogen-bond acceptors (Lipinski definition) is 2. The Morgan fingerprint density at radius 2 is 1.54 bits per heavy atom. The fourth-order valence-corrected chi connectivity index (χ4v) is 3.64. The third-order valence-electron chi connectivity index (χ3n) is 5.50. The summed E-state index contributed by atoms with van der Waals surface area (Å²) >= 11 is 0. The second-order valence-electron chi connectivity index (χ2n) is 9.59. The maximum atomic E-state index is 12.9. The zero-order valence-electron chi connectivity index (χ0n) is 17.3. The quantitative estimate of drug-likeness (QED) is 0.469. The van der Waals surface area contributed by atoms with E-state index in [-0.39, 0.29) is 22.7 Å². The van der Waals surface area contributed by atoms with Gasteiger partial charge in [0.2, 0.25) is 0 Å². The highest BCUT2D eigenvalue weighted by Gasteiger charge is 2.40. The second kappa shape index (κ2) is 5.97. The summed E-state index contributed by atoms with van der Waals surface area (Å²) in [5.41, 5.74) is 6.71. The van der Waals surface area contributed by atoms with Gasteiger partial charge < -0.3 is 4.74 Å². The number of esters is 1. The Bertz CT molecular complexity index is 876. The molecule has 2 heteroatoms. The molecule has 138 valence electrons. The van der Waals surface area contributed by atoms with Crippen molar-refractivity contribution in [2.45, 2.75) is 72.1 Å². The van der Waals surface area contributed by atoms with E-state index in [1.165, 1.54) is 16.7 Å². The van der Waals surface area contributed by atoms with E-state index < -0.39 is 0 Å². The first kappa shape index (κ1) is 18.7. The molecule has 0 saturated heterocycles. The molecule has 0 aliphatic carbocycles. The van der Waals surface area contributed by atoms with Crippen LogP contribution >= 0.6 is 0 Å².